The molecule has 1 amide bonds. The van der Waals surface area contributed by atoms with Gasteiger partial charge in [0.1, 0.15) is 5.82 Å². The summed E-state index contributed by atoms with van der Waals surface area (Å²) >= 11 is 0. The van der Waals surface area contributed by atoms with Gasteiger partial charge in [-0.25, -0.2) is 9.97 Å². The average Bonchev–Trinajstić information content (AvgIpc) is 2.62. The molecule has 6 heteroatoms. The van der Waals surface area contributed by atoms with Crippen molar-refractivity contribution in [1.29, 1.82) is 0 Å². The third-order valence-corrected chi connectivity index (χ3v) is 4.50. The Morgan fingerprint density at radius 3 is 2.41 bits per heavy atom. The van der Waals surface area contributed by atoms with E-state index in [4.69, 9.17) is 0 Å². The van der Waals surface area contributed by atoms with E-state index < -0.39 is 6.04 Å². The van der Waals surface area contributed by atoms with Gasteiger partial charge in [-0.05, 0) is 36.1 Å². The van der Waals surface area contributed by atoms with Crippen LogP contribution in [0.25, 0.3) is 0 Å². The summed E-state index contributed by atoms with van der Waals surface area (Å²) < 4.78 is 0. The van der Waals surface area contributed by atoms with E-state index in [0.717, 1.165) is 28.9 Å². The van der Waals surface area contributed by atoms with Gasteiger partial charge in [0.15, 0.2) is 0 Å². The number of aryl methyl sites for hydroxylation is 1. The third-order valence-electron chi connectivity index (χ3n) is 4.50. The molecule has 0 aliphatic rings. The monoisotopic (exact) mass is 370 g/mol. The fourth-order valence-electron chi connectivity index (χ4n) is 2.99. The minimum atomic E-state index is -0.402. The highest BCUT2D eigenvalue weighted by Crippen LogP contribution is 2.24. The summed E-state index contributed by atoms with van der Waals surface area (Å²) in [7, 11) is 0. The molecule has 2 aromatic rings. The van der Waals surface area contributed by atoms with Gasteiger partial charge >= 0.3 is 0 Å². The first-order chi connectivity index (χ1) is 12.8. The maximum absolute atomic E-state index is 13.0. The van der Waals surface area contributed by atoms with Gasteiger partial charge in [-0.1, -0.05) is 27.7 Å². The smallest absolute Gasteiger partial charge is 0.227 e. The van der Waals surface area contributed by atoms with E-state index in [1.165, 1.54) is 0 Å². The molecule has 0 aliphatic carbocycles. The summed E-state index contributed by atoms with van der Waals surface area (Å²) in [5.74, 6) is 0.703. The van der Waals surface area contributed by atoms with Gasteiger partial charge in [-0.15, -0.1) is 0 Å². The summed E-state index contributed by atoms with van der Waals surface area (Å²) in [6, 6.07) is 1.49. The first-order valence-electron chi connectivity index (χ1n) is 9.40. The van der Waals surface area contributed by atoms with Gasteiger partial charge in [0, 0.05) is 36.7 Å². The number of aliphatic hydroxyl groups is 1. The number of aromatic nitrogens is 3. The third kappa shape index (κ3) is 5.32. The van der Waals surface area contributed by atoms with Crippen molar-refractivity contribution in [2.75, 3.05) is 13.2 Å². The minimum absolute atomic E-state index is 0.0498. The molecule has 6 nitrogen and oxygen atoms in total. The van der Waals surface area contributed by atoms with Gasteiger partial charge in [0.25, 0.3) is 0 Å². The van der Waals surface area contributed by atoms with E-state index in [1.54, 1.807) is 29.7 Å². The summed E-state index contributed by atoms with van der Waals surface area (Å²) in [6.45, 7) is 10.6. The van der Waals surface area contributed by atoms with Crippen molar-refractivity contribution in [2.24, 2.45) is 0 Å². The lowest BCUT2D eigenvalue weighted by molar-refractivity contribution is -0.134. The Balaban J connectivity index is 2.22. The molecule has 2 aromatic heterocycles. The Bertz CT molecular complexity index is 754. The van der Waals surface area contributed by atoms with Crippen LogP contribution >= 0.6 is 0 Å². The average molecular weight is 370 g/mol. The van der Waals surface area contributed by atoms with Crippen molar-refractivity contribution < 1.29 is 9.90 Å². The maximum Gasteiger partial charge on any atom is 0.227 e. The molecule has 1 unspecified atom stereocenters. The molecule has 146 valence electrons. The second-order valence-corrected chi connectivity index (χ2v) is 7.86. The lowest BCUT2D eigenvalue weighted by Gasteiger charge is -2.31. The molecular formula is C21H30N4O2. The van der Waals surface area contributed by atoms with Gasteiger partial charge in [0.05, 0.1) is 19.1 Å². The van der Waals surface area contributed by atoms with E-state index in [2.05, 4.69) is 35.7 Å². The molecular weight excluding hydrogens is 340 g/mol. The highest BCUT2D eigenvalue weighted by atomic mass is 16.3. The van der Waals surface area contributed by atoms with E-state index in [9.17, 15) is 9.90 Å². The Morgan fingerprint density at radius 2 is 1.89 bits per heavy atom. The SMILES string of the molecule is CCCN(C(=O)Cc1cnc(C(C)(C)C)nc1)C(CO)c1cnccc1C. The lowest BCUT2D eigenvalue weighted by atomic mass is 9.95. The normalized spacial score (nSPS) is 12.7. The highest BCUT2D eigenvalue weighted by Gasteiger charge is 2.26. The van der Waals surface area contributed by atoms with Crippen LogP contribution in [0.4, 0.5) is 0 Å². The highest BCUT2D eigenvalue weighted by molar-refractivity contribution is 5.79. The van der Waals surface area contributed by atoms with Crippen molar-refractivity contribution >= 4 is 5.91 Å². The molecule has 1 N–H and O–H groups in total. The Morgan fingerprint density at radius 1 is 1.22 bits per heavy atom. The molecule has 1 atom stereocenters. The van der Waals surface area contributed by atoms with Crippen LogP contribution in [0.15, 0.2) is 30.9 Å². The largest absolute Gasteiger partial charge is 0.394 e. The zero-order valence-corrected chi connectivity index (χ0v) is 16.9. The summed E-state index contributed by atoms with van der Waals surface area (Å²) in [5, 5.41) is 10.00. The number of pyridine rings is 1. The number of aliphatic hydroxyl groups excluding tert-OH is 1. The van der Waals surface area contributed by atoms with E-state index in [1.807, 2.05) is 19.9 Å². The molecule has 0 fully saturated rings. The number of amides is 1. The van der Waals surface area contributed by atoms with Gasteiger partial charge < -0.3 is 10.0 Å². The zero-order valence-electron chi connectivity index (χ0n) is 16.9. The number of nitrogens with zero attached hydrogens (tertiary/aromatic N) is 4. The van der Waals surface area contributed by atoms with Gasteiger partial charge in [-0.3, -0.25) is 9.78 Å². The standard InChI is InChI=1S/C21H30N4O2/c1-6-9-25(18(14-26)17-13-22-8-7-15(17)2)19(27)10-16-11-23-20(24-12-16)21(3,4)5/h7-8,11-13,18,26H,6,9-10,14H2,1-5H3. The van der Waals surface area contributed by atoms with Crippen molar-refractivity contribution in [3.8, 4) is 0 Å². The molecule has 2 heterocycles. The predicted octanol–water partition coefficient (Wildman–Crippen LogP) is 2.99. The molecule has 0 bridgehead atoms. The first kappa shape index (κ1) is 21.0. The Hall–Kier alpha value is -2.34. The van der Waals surface area contributed by atoms with Gasteiger partial charge in [0.2, 0.25) is 5.91 Å². The van der Waals surface area contributed by atoms with E-state index in [0.29, 0.717) is 6.54 Å². The number of hydrogen-bond donors (Lipinski definition) is 1. The minimum Gasteiger partial charge on any atom is -0.394 e. The first-order valence-corrected chi connectivity index (χ1v) is 9.40. The number of hydrogen-bond acceptors (Lipinski definition) is 5. The second kappa shape index (κ2) is 9.04. The molecule has 0 saturated carbocycles. The zero-order chi connectivity index (χ0) is 20.0. The molecule has 2 rings (SSSR count). The number of rotatable bonds is 7. The van der Waals surface area contributed by atoms with Crippen LogP contribution in [-0.4, -0.2) is 44.0 Å². The van der Waals surface area contributed by atoms with Crippen LogP contribution in [0.2, 0.25) is 0 Å². The van der Waals surface area contributed by atoms with Crippen molar-refractivity contribution in [2.45, 2.75) is 58.9 Å². The van der Waals surface area contributed by atoms with Crippen LogP contribution in [0.1, 0.15) is 62.7 Å². The summed E-state index contributed by atoms with van der Waals surface area (Å²) in [5.41, 5.74) is 2.53. The fourth-order valence-corrected chi connectivity index (χ4v) is 2.99. The van der Waals surface area contributed by atoms with E-state index >= 15 is 0 Å². The predicted molar refractivity (Wildman–Crippen MR) is 105 cm³/mol. The fraction of sp³-hybridized carbons (Fsp3) is 0.524. The number of carbonyl (C=O) groups is 1. The second-order valence-electron chi connectivity index (χ2n) is 7.86. The molecule has 0 radical (unpaired) electrons. The lowest BCUT2D eigenvalue weighted by Crippen LogP contribution is -2.38. The molecule has 0 aromatic carbocycles. The molecule has 0 spiro atoms. The van der Waals surface area contributed by atoms with E-state index in [-0.39, 0.29) is 24.3 Å². The molecule has 27 heavy (non-hydrogen) atoms. The Kier molecular flexibility index (Phi) is 7.02. The summed E-state index contributed by atoms with van der Waals surface area (Å²) in [4.78, 5) is 27.7. The summed E-state index contributed by atoms with van der Waals surface area (Å²) in [6.07, 6.45) is 7.90. The number of carbonyl (C=O) groups excluding carboxylic acids is 1. The molecule has 0 aliphatic heterocycles. The maximum atomic E-state index is 13.0. The van der Waals surface area contributed by atoms with Crippen molar-refractivity contribution in [3.05, 3.63) is 53.4 Å². The van der Waals surface area contributed by atoms with Crippen molar-refractivity contribution in [3.63, 3.8) is 0 Å². The van der Waals surface area contributed by atoms with Crippen molar-refractivity contribution in [1.82, 2.24) is 19.9 Å². The van der Waals surface area contributed by atoms with Crippen LogP contribution < -0.4 is 0 Å². The van der Waals surface area contributed by atoms with Crippen LogP contribution in [0.5, 0.6) is 0 Å². The topological polar surface area (TPSA) is 79.2 Å². The Labute approximate surface area is 161 Å². The molecule has 0 saturated heterocycles. The quantitative estimate of drug-likeness (QED) is 0.810. The van der Waals surface area contributed by atoms with Crippen LogP contribution in [-0.2, 0) is 16.6 Å². The van der Waals surface area contributed by atoms with Crippen LogP contribution in [0.3, 0.4) is 0 Å². The van der Waals surface area contributed by atoms with Crippen LogP contribution in [0, 0.1) is 6.92 Å². The van der Waals surface area contributed by atoms with Gasteiger partial charge in [-0.2, -0.15) is 0 Å².